The molecule has 1 aliphatic heterocycles. The largest absolute Gasteiger partial charge is 0.493 e. The van der Waals surface area contributed by atoms with Gasteiger partial charge in [0.2, 0.25) is 0 Å². The van der Waals surface area contributed by atoms with Crippen LogP contribution in [0.5, 0.6) is 5.75 Å². The van der Waals surface area contributed by atoms with Gasteiger partial charge in [-0.15, -0.1) is 0 Å². The minimum atomic E-state index is -0.376. The topological polar surface area (TPSA) is 35.2 Å². The Morgan fingerprint density at radius 1 is 1.06 bits per heavy atom. The van der Waals surface area contributed by atoms with Crippen LogP contribution in [0.4, 0.5) is 10.1 Å². The number of benzene rings is 2. The molecule has 2 nitrogen and oxygen atoms in total. The fourth-order valence-electron chi connectivity index (χ4n) is 2.07. The van der Waals surface area contributed by atoms with E-state index in [1.165, 1.54) is 11.6 Å². The highest BCUT2D eigenvalue weighted by Crippen LogP contribution is 2.31. The number of nitrogens with two attached hydrogens (primary N) is 1. The molecule has 3 rings (SSSR count). The van der Waals surface area contributed by atoms with Crippen LogP contribution in [0.2, 0.25) is 0 Å². The summed E-state index contributed by atoms with van der Waals surface area (Å²) in [5.41, 5.74) is 8.65. The Kier molecular flexibility index (Phi) is 2.25. The molecule has 0 bridgehead atoms. The van der Waals surface area contributed by atoms with Gasteiger partial charge in [-0.1, -0.05) is 12.1 Å². The van der Waals surface area contributed by atoms with Crippen molar-refractivity contribution in [2.45, 2.75) is 6.42 Å². The first kappa shape index (κ1) is 10.1. The summed E-state index contributed by atoms with van der Waals surface area (Å²) in [5.74, 6) is 0.559. The fraction of sp³-hybridized carbons (Fsp3) is 0.143. The third-order valence-electron chi connectivity index (χ3n) is 3.02. The van der Waals surface area contributed by atoms with Gasteiger partial charge in [-0.2, -0.15) is 0 Å². The summed E-state index contributed by atoms with van der Waals surface area (Å²) < 4.78 is 18.8. The zero-order chi connectivity index (χ0) is 11.8. The van der Waals surface area contributed by atoms with E-state index in [1.807, 2.05) is 24.3 Å². The van der Waals surface area contributed by atoms with Gasteiger partial charge in [0.15, 0.2) is 0 Å². The van der Waals surface area contributed by atoms with Crippen LogP contribution in [0.1, 0.15) is 5.56 Å². The molecule has 0 saturated carbocycles. The van der Waals surface area contributed by atoms with Gasteiger partial charge in [0, 0.05) is 6.42 Å². The predicted molar refractivity (Wildman–Crippen MR) is 65.4 cm³/mol. The van der Waals surface area contributed by atoms with Crippen molar-refractivity contribution >= 4 is 5.69 Å². The lowest BCUT2D eigenvalue weighted by atomic mass is 10.0. The number of hydrogen-bond acceptors (Lipinski definition) is 2. The summed E-state index contributed by atoms with van der Waals surface area (Å²) in [6, 6.07) is 10.8. The Morgan fingerprint density at radius 2 is 1.82 bits per heavy atom. The molecule has 1 heterocycles. The maximum Gasteiger partial charge on any atom is 0.146 e. The second-order valence-corrected chi connectivity index (χ2v) is 4.16. The second kappa shape index (κ2) is 3.77. The van der Waals surface area contributed by atoms with Crippen LogP contribution in [0.3, 0.4) is 0 Å². The summed E-state index contributed by atoms with van der Waals surface area (Å²) in [7, 11) is 0. The van der Waals surface area contributed by atoms with Gasteiger partial charge in [0.1, 0.15) is 11.6 Å². The number of rotatable bonds is 1. The monoisotopic (exact) mass is 229 g/mol. The summed E-state index contributed by atoms with van der Waals surface area (Å²) in [6.07, 6.45) is 0.917. The predicted octanol–water partition coefficient (Wildman–Crippen LogP) is 3.01. The molecule has 0 saturated heterocycles. The van der Waals surface area contributed by atoms with E-state index in [1.54, 1.807) is 6.07 Å². The molecule has 0 aromatic heterocycles. The minimum absolute atomic E-state index is 0.179. The summed E-state index contributed by atoms with van der Waals surface area (Å²) >= 11 is 0. The molecule has 2 aromatic carbocycles. The Hall–Kier alpha value is -2.03. The van der Waals surface area contributed by atoms with E-state index in [2.05, 4.69) is 0 Å². The number of halogens is 1. The van der Waals surface area contributed by atoms with Crippen LogP contribution in [0.25, 0.3) is 11.1 Å². The Labute approximate surface area is 98.8 Å². The highest BCUT2D eigenvalue weighted by atomic mass is 19.1. The molecule has 0 atom stereocenters. The molecule has 2 N–H and O–H groups in total. The zero-order valence-corrected chi connectivity index (χ0v) is 9.24. The first-order chi connectivity index (χ1) is 8.24. The smallest absolute Gasteiger partial charge is 0.146 e. The normalized spacial score (nSPS) is 13.2. The number of nitrogen functional groups attached to an aromatic ring is 1. The molecule has 17 heavy (non-hydrogen) atoms. The van der Waals surface area contributed by atoms with Crippen LogP contribution in [-0.4, -0.2) is 6.61 Å². The quantitative estimate of drug-likeness (QED) is 0.763. The van der Waals surface area contributed by atoms with E-state index in [4.69, 9.17) is 10.5 Å². The lowest BCUT2D eigenvalue weighted by Gasteiger charge is -2.05. The number of anilines is 1. The third kappa shape index (κ3) is 1.73. The van der Waals surface area contributed by atoms with Crippen molar-refractivity contribution in [2.75, 3.05) is 12.3 Å². The molecule has 2 aromatic rings. The molecule has 0 unspecified atom stereocenters. The van der Waals surface area contributed by atoms with Crippen molar-refractivity contribution in [1.82, 2.24) is 0 Å². The van der Waals surface area contributed by atoms with Gasteiger partial charge in [-0.05, 0) is 41.0 Å². The van der Waals surface area contributed by atoms with Crippen LogP contribution in [-0.2, 0) is 6.42 Å². The van der Waals surface area contributed by atoms with Crippen molar-refractivity contribution in [3.63, 3.8) is 0 Å². The number of fused-ring (bicyclic) bond motifs is 1. The van der Waals surface area contributed by atoms with Crippen LogP contribution < -0.4 is 10.5 Å². The molecule has 3 heteroatoms. The number of hydrogen-bond donors (Lipinski definition) is 1. The van der Waals surface area contributed by atoms with E-state index < -0.39 is 0 Å². The van der Waals surface area contributed by atoms with Crippen molar-refractivity contribution in [3.05, 3.63) is 47.8 Å². The van der Waals surface area contributed by atoms with Crippen molar-refractivity contribution in [2.24, 2.45) is 0 Å². The molecule has 0 amide bonds. The SMILES string of the molecule is Nc1ccc(-c2ccc3c(c2)CCO3)cc1F. The first-order valence-electron chi connectivity index (χ1n) is 5.55. The Balaban J connectivity index is 2.06. The zero-order valence-electron chi connectivity index (χ0n) is 9.24. The molecule has 0 radical (unpaired) electrons. The van der Waals surface area contributed by atoms with Gasteiger partial charge in [0.05, 0.1) is 12.3 Å². The van der Waals surface area contributed by atoms with Crippen LogP contribution >= 0.6 is 0 Å². The van der Waals surface area contributed by atoms with Crippen molar-refractivity contribution in [3.8, 4) is 16.9 Å². The summed E-state index contributed by atoms with van der Waals surface area (Å²) in [6.45, 7) is 0.731. The van der Waals surface area contributed by atoms with Gasteiger partial charge < -0.3 is 10.5 Å². The molecular weight excluding hydrogens is 217 g/mol. The number of ether oxygens (including phenoxy) is 1. The Morgan fingerprint density at radius 3 is 2.65 bits per heavy atom. The lowest BCUT2D eigenvalue weighted by molar-refractivity contribution is 0.357. The fourth-order valence-corrected chi connectivity index (χ4v) is 2.07. The average molecular weight is 229 g/mol. The van der Waals surface area contributed by atoms with E-state index in [0.717, 1.165) is 29.9 Å². The van der Waals surface area contributed by atoms with E-state index in [9.17, 15) is 4.39 Å². The molecular formula is C14H12FNO. The van der Waals surface area contributed by atoms with Gasteiger partial charge >= 0.3 is 0 Å². The van der Waals surface area contributed by atoms with Gasteiger partial charge in [-0.3, -0.25) is 0 Å². The van der Waals surface area contributed by atoms with Gasteiger partial charge in [-0.25, -0.2) is 4.39 Å². The maximum absolute atomic E-state index is 13.4. The average Bonchev–Trinajstić information content (AvgIpc) is 2.79. The molecule has 0 fully saturated rings. The lowest BCUT2D eigenvalue weighted by Crippen LogP contribution is -1.90. The first-order valence-corrected chi connectivity index (χ1v) is 5.55. The standard InChI is InChI=1S/C14H12FNO/c15-12-8-10(1-3-13(12)16)9-2-4-14-11(7-9)5-6-17-14/h1-4,7-8H,5-6,16H2. The molecule has 1 aliphatic rings. The van der Waals surface area contributed by atoms with Crippen molar-refractivity contribution < 1.29 is 9.13 Å². The summed E-state index contributed by atoms with van der Waals surface area (Å²) in [5, 5.41) is 0. The Bertz CT molecular complexity index is 580. The highest BCUT2D eigenvalue weighted by molar-refractivity contribution is 5.68. The van der Waals surface area contributed by atoms with Crippen LogP contribution in [0.15, 0.2) is 36.4 Å². The van der Waals surface area contributed by atoms with Crippen molar-refractivity contribution in [1.29, 1.82) is 0 Å². The molecule has 0 aliphatic carbocycles. The van der Waals surface area contributed by atoms with Crippen LogP contribution in [0, 0.1) is 5.82 Å². The summed E-state index contributed by atoms with van der Waals surface area (Å²) in [4.78, 5) is 0. The third-order valence-corrected chi connectivity index (χ3v) is 3.02. The second-order valence-electron chi connectivity index (χ2n) is 4.16. The molecule has 0 spiro atoms. The molecule has 86 valence electrons. The highest BCUT2D eigenvalue weighted by Gasteiger charge is 2.13. The van der Waals surface area contributed by atoms with E-state index in [-0.39, 0.29) is 11.5 Å². The minimum Gasteiger partial charge on any atom is -0.493 e. The van der Waals surface area contributed by atoms with Gasteiger partial charge in [0.25, 0.3) is 0 Å². The van der Waals surface area contributed by atoms with E-state index in [0.29, 0.717) is 0 Å². The van der Waals surface area contributed by atoms with E-state index >= 15 is 0 Å². The maximum atomic E-state index is 13.4.